The molecule has 12 heteroatoms. The molecule has 2 aliphatic heterocycles. The number of aryl methyl sites for hydroxylation is 2. The molecule has 3 aliphatic carbocycles. The Morgan fingerprint density at radius 1 is 1.16 bits per heavy atom. The number of nitrogens with one attached hydrogen (secondary N) is 2. The lowest BCUT2D eigenvalue weighted by Crippen LogP contribution is -2.65. The Morgan fingerprint density at radius 2 is 1.91 bits per heavy atom. The van der Waals surface area contributed by atoms with Gasteiger partial charge in [0, 0.05) is 6.42 Å². The molecule has 0 spiro atoms. The second-order valence-electron chi connectivity index (χ2n) is 14.4. The summed E-state index contributed by atoms with van der Waals surface area (Å²) in [6.45, 7) is 14.9. The predicted molar refractivity (Wildman–Crippen MR) is 173 cm³/mol. The van der Waals surface area contributed by atoms with E-state index < -0.39 is 18.7 Å². The van der Waals surface area contributed by atoms with Crippen molar-refractivity contribution in [1.29, 1.82) is 0 Å². The zero-order valence-corrected chi connectivity index (χ0v) is 28.2. The van der Waals surface area contributed by atoms with E-state index in [0.29, 0.717) is 40.3 Å². The largest absolute Gasteiger partial charge is 0.489 e. The van der Waals surface area contributed by atoms with Crippen LogP contribution in [0.2, 0.25) is 0 Å². The first-order valence-electron chi connectivity index (χ1n) is 16.1. The number of hydrogen-bond acceptors (Lipinski definition) is 9. The summed E-state index contributed by atoms with van der Waals surface area (Å²) in [5, 5.41) is 11.3. The van der Waals surface area contributed by atoms with Crippen molar-refractivity contribution < 1.29 is 28.5 Å². The number of carbonyl (C=O) groups is 2. The average molecular weight is 637 g/mol. The van der Waals surface area contributed by atoms with Crippen LogP contribution in [0, 0.1) is 37.0 Å². The van der Waals surface area contributed by atoms with E-state index in [1.807, 2.05) is 44.2 Å². The van der Waals surface area contributed by atoms with Crippen LogP contribution < -0.4 is 15.4 Å². The Morgan fingerprint density at radius 3 is 2.58 bits per heavy atom. The smallest absolute Gasteiger partial charge is 0.481 e. The lowest BCUT2D eigenvalue weighted by molar-refractivity contribution is -0.199. The molecule has 4 fully saturated rings. The van der Waals surface area contributed by atoms with E-state index >= 15 is 0 Å². The van der Waals surface area contributed by atoms with E-state index in [-0.39, 0.29) is 54.4 Å². The molecule has 7 rings (SSSR count). The Hall–Kier alpha value is -2.96. The highest BCUT2D eigenvalue weighted by molar-refractivity contribution is 7.13. The van der Waals surface area contributed by atoms with Crippen molar-refractivity contribution in [3.63, 3.8) is 0 Å². The molecule has 2 aromatic rings. The summed E-state index contributed by atoms with van der Waals surface area (Å²) in [6, 6.07) is 9.31. The third-order valence-corrected chi connectivity index (χ3v) is 11.4. The maximum absolute atomic E-state index is 14.3. The number of rotatable bonds is 11. The van der Waals surface area contributed by atoms with Crippen molar-refractivity contribution in [3.8, 4) is 5.75 Å². The number of aromatic nitrogens is 1. The molecular formula is C33H45BN4O6S. The van der Waals surface area contributed by atoms with Crippen LogP contribution in [-0.2, 0) is 18.9 Å². The molecule has 242 valence electrons. The minimum absolute atomic E-state index is 0.00783. The Kier molecular flexibility index (Phi) is 8.54. The molecule has 10 nitrogen and oxygen atoms in total. The van der Waals surface area contributed by atoms with Gasteiger partial charge in [0.1, 0.15) is 17.2 Å². The maximum atomic E-state index is 14.3. The number of nitrogens with zero attached hydrogens (tertiary/aromatic N) is 2. The molecule has 1 unspecified atom stereocenters. The lowest BCUT2D eigenvalue weighted by Gasteiger charge is -2.64. The van der Waals surface area contributed by atoms with Gasteiger partial charge in [-0.05, 0) is 75.3 Å². The molecule has 6 atom stereocenters. The predicted octanol–water partition coefficient (Wildman–Crippen LogP) is 4.88. The average Bonchev–Trinajstić information content (AvgIpc) is 3.68. The van der Waals surface area contributed by atoms with Crippen LogP contribution in [0.5, 0.6) is 5.75 Å². The van der Waals surface area contributed by atoms with Crippen LogP contribution in [0.4, 0.5) is 0 Å². The summed E-state index contributed by atoms with van der Waals surface area (Å²) in [4.78, 5) is 38.0. The zero-order valence-electron chi connectivity index (χ0n) is 27.3. The van der Waals surface area contributed by atoms with Gasteiger partial charge in [-0.15, -0.1) is 11.3 Å². The number of amides is 2. The van der Waals surface area contributed by atoms with Gasteiger partial charge in [-0.2, -0.15) is 0 Å². The fourth-order valence-corrected chi connectivity index (χ4v) is 8.58. The Labute approximate surface area is 270 Å². The summed E-state index contributed by atoms with van der Waals surface area (Å²) in [7, 11) is -0.569. The summed E-state index contributed by atoms with van der Waals surface area (Å²) in [5.74, 6) is 0.981. The normalized spacial score (nSPS) is 30.2. The third-order valence-electron chi connectivity index (χ3n) is 10.4. The van der Waals surface area contributed by atoms with Crippen molar-refractivity contribution in [2.75, 3.05) is 13.2 Å². The molecule has 2 amide bonds. The molecule has 45 heavy (non-hydrogen) atoms. The number of para-hydroxylation sites is 1. The summed E-state index contributed by atoms with van der Waals surface area (Å²) in [5.41, 5.74) is -0.363. The molecule has 3 heterocycles. The van der Waals surface area contributed by atoms with Crippen LogP contribution in [0.1, 0.15) is 80.7 Å². The number of thiazole rings is 1. The first kappa shape index (κ1) is 32.0. The molecule has 1 aromatic carbocycles. The molecule has 2 N–H and O–H groups in total. The number of ether oxygens (including phenoxy) is 1. The number of benzene rings is 1. The number of hydrogen-bond donors (Lipinski definition) is 2. The van der Waals surface area contributed by atoms with Crippen LogP contribution in [0.15, 0.2) is 35.5 Å². The summed E-state index contributed by atoms with van der Waals surface area (Å²) < 4.78 is 19.5. The monoisotopic (exact) mass is 636 g/mol. The second-order valence-corrected chi connectivity index (χ2v) is 15.6. The van der Waals surface area contributed by atoms with E-state index in [4.69, 9.17) is 18.9 Å². The van der Waals surface area contributed by atoms with E-state index in [1.165, 1.54) is 11.3 Å². The minimum Gasteiger partial charge on any atom is -0.489 e. The van der Waals surface area contributed by atoms with Crippen molar-refractivity contribution in [1.82, 2.24) is 15.6 Å². The first-order valence-corrected chi connectivity index (χ1v) is 16.9. The summed E-state index contributed by atoms with van der Waals surface area (Å²) in [6.07, 6.45) is 2.97. The van der Waals surface area contributed by atoms with Crippen molar-refractivity contribution in [2.24, 2.45) is 28.3 Å². The SMILES string of the molecule is Cc1nc(C)c(C(=O)NCC2=NOC(COc3ccccc3)(C(=O)N[C@@H](CC(C)C)B3O[C@@H]4C[C@@H]5C[C@@H](C5(C)C)[C@]4(C)O3)C2)s1. The van der Waals surface area contributed by atoms with Crippen LogP contribution >= 0.6 is 11.3 Å². The van der Waals surface area contributed by atoms with Gasteiger partial charge < -0.3 is 29.5 Å². The molecule has 1 aromatic heterocycles. The fraction of sp³-hybridized carbons (Fsp3) is 0.636. The van der Waals surface area contributed by atoms with E-state index in [0.717, 1.165) is 17.8 Å². The standard InChI is InChI=1S/C33H45BN4O6S/c1-19(2)13-27(34-42-26-15-22-14-25(31(22,5)6)32(26,7)43-34)37-30(40)33(18-41-24-11-9-8-10-12-24)16-23(38-44-33)17-35-29(39)28-20(3)36-21(4)45-28/h8-12,19,22,25-27H,13-18H2,1-7H3,(H,35,39)(H,37,40)/t22-,25-,26+,27-,32-,33?/m0/s1. The molecule has 3 saturated carbocycles. The van der Waals surface area contributed by atoms with Gasteiger partial charge in [0.15, 0.2) is 0 Å². The van der Waals surface area contributed by atoms with Gasteiger partial charge in [-0.25, -0.2) is 4.98 Å². The van der Waals surface area contributed by atoms with E-state index in [2.05, 4.69) is 55.4 Å². The van der Waals surface area contributed by atoms with Gasteiger partial charge in [-0.1, -0.05) is 51.0 Å². The van der Waals surface area contributed by atoms with Crippen LogP contribution in [-0.4, -0.2) is 66.0 Å². The number of carbonyl (C=O) groups excluding carboxylic acids is 2. The highest BCUT2D eigenvalue weighted by Crippen LogP contribution is 2.65. The fourth-order valence-electron chi connectivity index (χ4n) is 7.74. The highest BCUT2D eigenvalue weighted by atomic mass is 32.1. The minimum atomic E-state index is -1.43. The lowest BCUT2D eigenvalue weighted by atomic mass is 9.43. The van der Waals surface area contributed by atoms with Gasteiger partial charge in [0.05, 0.1) is 40.6 Å². The zero-order chi connectivity index (χ0) is 32.1. The quantitative estimate of drug-likeness (QED) is 0.338. The van der Waals surface area contributed by atoms with Gasteiger partial charge in [-0.3, -0.25) is 9.59 Å². The van der Waals surface area contributed by atoms with E-state index in [9.17, 15) is 9.59 Å². The first-order chi connectivity index (χ1) is 21.3. The summed E-state index contributed by atoms with van der Waals surface area (Å²) >= 11 is 1.35. The second kappa shape index (κ2) is 12.0. The third kappa shape index (κ3) is 6.01. The van der Waals surface area contributed by atoms with E-state index in [1.54, 1.807) is 0 Å². The van der Waals surface area contributed by atoms with Crippen molar-refractivity contribution >= 4 is 36.0 Å². The Bertz CT molecular complexity index is 1470. The molecule has 0 radical (unpaired) electrons. The van der Waals surface area contributed by atoms with Gasteiger partial charge in [0.2, 0.25) is 0 Å². The maximum Gasteiger partial charge on any atom is 0.481 e. The van der Waals surface area contributed by atoms with Gasteiger partial charge in [0.25, 0.3) is 17.4 Å². The number of oxime groups is 1. The molecular weight excluding hydrogens is 591 g/mol. The Balaban J connectivity index is 1.17. The van der Waals surface area contributed by atoms with Crippen LogP contribution in [0.3, 0.4) is 0 Å². The van der Waals surface area contributed by atoms with Crippen molar-refractivity contribution in [2.45, 2.75) is 97.4 Å². The molecule has 5 aliphatic rings. The van der Waals surface area contributed by atoms with Crippen molar-refractivity contribution in [3.05, 3.63) is 45.9 Å². The molecule has 2 bridgehead atoms. The van der Waals surface area contributed by atoms with Crippen LogP contribution in [0.25, 0.3) is 0 Å². The molecule has 1 saturated heterocycles. The van der Waals surface area contributed by atoms with Gasteiger partial charge >= 0.3 is 7.12 Å². The highest BCUT2D eigenvalue weighted by Gasteiger charge is 2.68. The topological polar surface area (TPSA) is 120 Å².